The first-order valence-corrected chi connectivity index (χ1v) is 9.54. The van der Waals surface area contributed by atoms with Crippen molar-refractivity contribution in [3.8, 4) is 0 Å². The smallest absolute Gasteiger partial charge is 0.191 e. The van der Waals surface area contributed by atoms with Crippen LogP contribution in [0, 0.1) is 0 Å². The van der Waals surface area contributed by atoms with Crippen LogP contribution in [0.25, 0.3) is 0 Å². The molecule has 2 unspecified atom stereocenters. The molecule has 0 aliphatic carbocycles. The number of nitrogens with zero attached hydrogens (tertiary/aromatic N) is 5. The van der Waals surface area contributed by atoms with Crippen molar-refractivity contribution in [2.24, 2.45) is 4.99 Å². The average molecular weight is 349 g/mol. The summed E-state index contributed by atoms with van der Waals surface area (Å²) >= 11 is 0. The largest absolute Gasteiger partial charge is 0.373 e. The molecule has 0 aromatic carbocycles. The van der Waals surface area contributed by atoms with Crippen LogP contribution >= 0.6 is 0 Å². The Morgan fingerprint density at radius 2 is 2.32 bits per heavy atom. The Bertz CT molecular complexity index is 559. The van der Waals surface area contributed by atoms with E-state index in [0.717, 1.165) is 51.0 Å². The van der Waals surface area contributed by atoms with Gasteiger partial charge in [-0.05, 0) is 26.3 Å². The van der Waals surface area contributed by atoms with Gasteiger partial charge >= 0.3 is 0 Å². The minimum atomic E-state index is 0.203. The predicted octanol–water partition coefficient (Wildman–Crippen LogP) is 0.259. The van der Waals surface area contributed by atoms with Crippen LogP contribution in [0.15, 0.2) is 11.3 Å². The Hall–Kier alpha value is -1.67. The number of rotatable bonds is 7. The molecular formula is C17H31N7O. The molecule has 2 aliphatic rings. The number of aromatic nitrogens is 3. The van der Waals surface area contributed by atoms with Gasteiger partial charge in [0.25, 0.3) is 0 Å². The second-order valence-corrected chi connectivity index (χ2v) is 6.69. The molecule has 0 saturated carbocycles. The SMILES string of the molecule is CCNC(=NCC1CN2CCCC2CO1)NCCn1cnnc1CC. The van der Waals surface area contributed by atoms with E-state index in [0.29, 0.717) is 12.6 Å². The molecular weight excluding hydrogens is 318 g/mol. The van der Waals surface area contributed by atoms with Crippen molar-refractivity contribution in [3.05, 3.63) is 12.2 Å². The number of ether oxygens (including phenoxy) is 1. The van der Waals surface area contributed by atoms with Crippen molar-refractivity contribution >= 4 is 5.96 Å². The third kappa shape index (κ3) is 4.92. The lowest BCUT2D eigenvalue weighted by Gasteiger charge is -2.34. The van der Waals surface area contributed by atoms with Gasteiger partial charge in [-0.15, -0.1) is 10.2 Å². The number of fused-ring (bicyclic) bond motifs is 1. The van der Waals surface area contributed by atoms with E-state index in [1.807, 2.05) is 0 Å². The third-order valence-corrected chi connectivity index (χ3v) is 4.92. The number of morpholine rings is 1. The minimum Gasteiger partial charge on any atom is -0.373 e. The number of nitrogens with one attached hydrogen (secondary N) is 2. The van der Waals surface area contributed by atoms with E-state index >= 15 is 0 Å². The molecule has 0 bridgehead atoms. The number of aryl methyl sites for hydroxylation is 1. The quantitative estimate of drug-likeness (QED) is 0.543. The zero-order valence-electron chi connectivity index (χ0n) is 15.4. The van der Waals surface area contributed by atoms with E-state index in [1.54, 1.807) is 6.33 Å². The summed E-state index contributed by atoms with van der Waals surface area (Å²) in [7, 11) is 0. The van der Waals surface area contributed by atoms with E-state index < -0.39 is 0 Å². The van der Waals surface area contributed by atoms with Crippen molar-refractivity contribution in [2.45, 2.75) is 51.8 Å². The third-order valence-electron chi connectivity index (χ3n) is 4.92. The second-order valence-electron chi connectivity index (χ2n) is 6.69. The highest BCUT2D eigenvalue weighted by atomic mass is 16.5. The summed E-state index contributed by atoms with van der Waals surface area (Å²) in [6, 6.07) is 0.642. The summed E-state index contributed by atoms with van der Waals surface area (Å²) in [6.07, 6.45) is 5.46. The van der Waals surface area contributed by atoms with Crippen molar-refractivity contribution in [1.29, 1.82) is 0 Å². The summed E-state index contributed by atoms with van der Waals surface area (Å²) in [5.74, 6) is 1.86. The van der Waals surface area contributed by atoms with Crippen molar-refractivity contribution in [1.82, 2.24) is 30.3 Å². The molecule has 2 fully saturated rings. The minimum absolute atomic E-state index is 0.203. The summed E-state index contributed by atoms with van der Waals surface area (Å²) in [6.45, 7) is 10.4. The second kappa shape index (κ2) is 9.15. The Morgan fingerprint density at radius 3 is 3.16 bits per heavy atom. The molecule has 2 atom stereocenters. The molecule has 3 rings (SSSR count). The maximum absolute atomic E-state index is 5.99. The fourth-order valence-corrected chi connectivity index (χ4v) is 3.57. The molecule has 0 radical (unpaired) electrons. The van der Waals surface area contributed by atoms with Gasteiger partial charge in [-0.25, -0.2) is 0 Å². The number of aliphatic imine (C=N–C) groups is 1. The number of hydrogen-bond donors (Lipinski definition) is 2. The van der Waals surface area contributed by atoms with Gasteiger partial charge in [0.05, 0.1) is 19.3 Å². The van der Waals surface area contributed by atoms with Gasteiger partial charge in [0.2, 0.25) is 0 Å². The van der Waals surface area contributed by atoms with Crippen LogP contribution in [0.2, 0.25) is 0 Å². The Labute approximate surface area is 150 Å². The van der Waals surface area contributed by atoms with Crippen LogP contribution in [-0.2, 0) is 17.7 Å². The molecule has 8 heteroatoms. The lowest BCUT2D eigenvalue weighted by Crippen LogP contribution is -2.47. The molecule has 8 nitrogen and oxygen atoms in total. The molecule has 0 spiro atoms. The lowest BCUT2D eigenvalue weighted by atomic mass is 10.2. The Kier molecular flexibility index (Phi) is 6.63. The molecule has 1 aromatic heterocycles. The summed E-state index contributed by atoms with van der Waals surface area (Å²) in [4.78, 5) is 7.27. The molecule has 2 saturated heterocycles. The van der Waals surface area contributed by atoms with Crippen molar-refractivity contribution in [2.75, 3.05) is 39.3 Å². The Morgan fingerprint density at radius 1 is 1.40 bits per heavy atom. The van der Waals surface area contributed by atoms with Gasteiger partial charge in [-0.1, -0.05) is 6.92 Å². The molecule has 140 valence electrons. The monoisotopic (exact) mass is 349 g/mol. The van der Waals surface area contributed by atoms with Crippen molar-refractivity contribution < 1.29 is 4.74 Å². The molecule has 2 N–H and O–H groups in total. The van der Waals surface area contributed by atoms with Gasteiger partial charge < -0.3 is 19.9 Å². The van der Waals surface area contributed by atoms with Gasteiger partial charge in [0.15, 0.2) is 5.96 Å². The summed E-state index contributed by atoms with van der Waals surface area (Å²) in [5.41, 5.74) is 0. The molecule has 25 heavy (non-hydrogen) atoms. The first-order valence-electron chi connectivity index (χ1n) is 9.54. The van der Waals surface area contributed by atoms with E-state index in [4.69, 9.17) is 9.73 Å². The fraction of sp³-hybridized carbons (Fsp3) is 0.824. The first kappa shape index (κ1) is 18.1. The van der Waals surface area contributed by atoms with Gasteiger partial charge in [0, 0.05) is 38.6 Å². The normalized spacial score (nSPS) is 24.3. The van der Waals surface area contributed by atoms with Crippen LogP contribution in [-0.4, -0.2) is 77.1 Å². The van der Waals surface area contributed by atoms with Gasteiger partial charge in [-0.2, -0.15) is 0 Å². The van der Waals surface area contributed by atoms with Crippen LogP contribution in [0.1, 0.15) is 32.5 Å². The molecule has 3 heterocycles. The number of guanidine groups is 1. The fourth-order valence-electron chi connectivity index (χ4n) is 3.57. The average Bonchev–Trinajstić information content (AvgIpc) is 3.27. The van der Waals surface area contributed by atoms with Crippen molar-refractivity contribution in [3.63, 3.8) is 0 Å². The highest BCUT2D eigenvalue weighted by Crippen LogP contribution is 2.22. The number of hydrogen-bond acceptors (Lipinski definition) is 5. The highest BCUT2D eigenvalue weighted by Gasteiger charge is 2.31. The van der Waals surface area contributed by atoms with E-state index in [2.05, 4.69) is 44.1 Å². The van der Waals surface area contributed by atoms with E-state index in [-0.39, 0.29) is 6.10 Å². The lowest BCUT2D eigenvalue weighted by molar-refractivity contribution is -0.0432. The van der Waals surface area contributed by atoms with E-state index in [1.165, 1.54) is 19.4 Å². The van der Waals surface area contributed by atoms with Crippen LogP contribution in [0.3, 0.4) is 0 Å². The van der Waals surface area contributed by atoms with Crippen LogP contribution in [0.4, 0.5) is 0 Å². The summed E-state index contributed by atoms with van der Waals surface area (Å²) in [5, 5.41) is 14.8. The Balaban J connectivity index is 1.45. The van der Waals surface area contributed by atoms with E-state index in [9.17, 15) is 0 Å². The van der Waals surface area contributed by atoms with Gasteiger partial charge in [0.1, 0.15) is 12.2 Å². The molecule has 1 aromatic rings. The maximum atomic E-state index is 5.99. The van der Waals surface area contributed by atoms with Crippen LogP contribution in [0.5, 0.6) is 0 Å². The molecule has 0 amide bonds. The highest BCUT2D eigenvalue weighted by molar-refractivity contribution is 5.79. The summed E-state index contributed by atoms with van der Waals surface area (Å²) < 4.78 is 8.07. The zero-order valence-corrected chi connectivity index (χ0v) is 15.4. The van der Waals surface area contributed by atoms with Crippen LogP contribution < -0.4 is 10.6 Å². The first-order chi connectivity index (χ1) is 12.3. The van der Waals surface area contributed by atoms with Gasteiger partial charge in [-0.3, -0.25) is 9.89 Å². The molecule has 2 aliphatic heterocycles. The topological polar surface area (TPSA) is 79.6 Å². The zero-order chi connectivity index (χ0) is 17.5. The standard InChI is InChI=1S/C17H31N7O/c1-3-16-22-21-13-24(16)9-7-19-17(18-4-2)20-10-15-11-23-8-5-6-14(23)12-25-15/h13-15H,3-12H2,1-2H3,(H2,18,19,20). The predicted molar refractivity (Wildman–Crippen MR) is 97.7 cm³/mol. The maximum Gasteiger partial charge on any atom is 0.191 e.